The van der Waals surface area contributed by atoms with E-state index in [1.54, 1.807) is 7.05 Å². The van der Waals surface area contributed by atoms with E-state index in [9.17, 15) is 8.42 Å². The highest BCUT2D eigenvalue weighted by Crippen LogP contribution is 1.91. The zero-order chi connectivity index (χ0) is 8.74. The second-order valence-electron chi connectivity index (χ2n) is 2.33. The standard InChI is InChI=1S/C6H16N2O2S/c1-3-5-11(9,10)6-4-8-7-2/h7-8H,3-6H2,1-2H3. The van der Waals surface area contributed by atoms with Crippen LogP contribution in [0.3, 0.4) is 0 Å². The lowest BCUT2D eigenvalue weighted by atomic mass is 10.6. The molecule has 0 atom stereocenters. The van der Waals surface area contributed by atoms with E-state index in [1.807, 2.05) is 6.92 Å². The Morgan fingerprint density at radius 1 is 1.27 bits per heavy atom. The van der Waals surface area contributed by atoms with Gasteiger partial charge in [-0.25, -0.2) is 8.42 Å². The average molecular weight is 180 g/mol. The molecule has 0 heterocycles. The fraction of sp³-hybridized carbons (Fsp3) is 1.00. The smallest absolute Gasteiger partial charge is 0.151 e. The first-order valence-electron chi connectivity index (χ1n) is 3.72. The molecule has 0 aromatic heterocycles. The Bertz CT molecular complexity index is 177. The van der Waals surface area contributed by atoms with Gasteiger partial charge in [-0.1, -0.05) is 6.92 Å². The molecule has 0 aromatic rings. The zero-order valence-corrected chi connectivity index (χ0v) is 7.87. The maximum absolute atomic E-state index is 11.0. The Balaban J connectivity index is 3.56. The van der Waals surface area contributed by atoms with E-state index in [2.05, 4.69) is 10.9 Å². The van der Waals surface area contributed by atoms with E-state index in [-0.39, 0.29) is 5.75 Å². The predicted molar refractivity (Wildman–Crippen MR) is 46.0 cm³/mol. The zero-order valence-electron chi connectivity index (χ0n) is 7.05. The second-order valence-corrected chi connectivity index (χ2v) is 4.63. The minimum absolute atomic E-state index is 0.210. The van der Waals surface area contributed by atoms with Crippen LogP contribution in [0.5, 0.6) is 0 Å². The third kappa shape index (κ3) is 6.28. The molecule has 0 unspecified atom stereocenters. The summed E-state index contributed by atoms with van der Waals surface area (Å²) in [5, 5.41) is 0. The van der Waals surface area contributed by atoms with Crippen molar-refractivity contribution in [3.63, 3.8) is 0 Å². The maximum atomic E-state index is 11.0. The first kappa shape index (κ1) is 10.9. The van der Waals surface area contributed by atoms with Crippen molar-refractivity contribution in [2.45, 2.75) is 13.3 Å². The highest BCUT2D eigenvalue weighted by Gasteiger charge is 2.07. The summed E-state index contributed by atoms with van der Waals surface area (Å²) >= 11 is 0. The highest BCUT2D eigenvalue weighted by molar-refractivity contribution is 7.91. The largest absolute Gasteiger partial charge is 0.261 e. The molecule has 5 heteroatoms. The van der Waals surface area contributed by atoms with Crippen LogP contribution in [-0.2, 0) is 9.84 Å². The van der Waals surface area contributed by atoms with Crippen LogP contribution in [0, 0.1) is 0 Å². The van der Waals surface area contributed by atoms with Crippen LogP contribution in [0.1, 0.15) is 13.3 Å². The lowest BCUT2D eigenvalue weighted by molar-refractivity contribution is 0.578. The Labute approximate surface area is 68.3 Å². The number of rotatable bonds is 6. The van der Waals surface area contributed by atoms with Crippen molar-refractivity contribution in [2.75, 3.05) is 25.1 Å². The molecular formula is C6H16N2O2S. The number of hydrazine groups is 1. The fourth-order valence-electron chi connectivity index (χ4n) is 0.745. The number of hydrogen-bond donors (Lipinski definition) is 2. The molecule has 0 rings (SSSR count). The van der Waals surface area contributed by atoms with Crippen LogP contribution in [0.2, 0.25) is 0 Å². The van der Waals surface area contributed by atoms with Crippen LogP contribution in [0.4, 0.5) is 0 Å². The van der Waals surface area contributed by atoms with Gasteiger partial charge in [0.05, 0.1) is 5.75 Å². The van der Waals surface area contributed by atoms with Crippen LogP contribution < -0.4 is 10.9 Å². The molecule has 4 nitrogen and oxygen atoms in total. The summed E-state index contributed by atoms with van der Waals surface area (Å²) in [6.45, 7) is 2.34. The molecular weight excluding hydrogens is 164 g/mol. The summed E-state index contributed by atoms with van der Waals surface area (Å²) < 4.78 is 22.1. The number of hydrogen-bond acceptors (Lipinski definition) is 4. The fourth-order valence-corrected chi connectivity index (χ4v) is 1.98. The Morgan fingerprint density at radius 3 is 2.36 bits per heavy atom. The number of sulfone groups is 1. The molecule has 68 valence electrons. The third-order valence-electron chi connectivity index (χ3n) is 1.23. The van der Waals surface area contributed by atoms with Gasteiger partial charge in [0.2, 0.25) is 0 Å². The van der Waals surface area contributed by atoms with Crippen molar-refractivity contribution in [1.82, 2.24) is 10.9 Å². The Hall–Kier alpha value is -0.130. The molecule has 0 aliphatic heterocycles. The van der Waals surface area contributed by atoms with Gasteiger partial charge in [-0.3, -0.25) is 10.9 Å². The van der Waals surface area contributed by atoms with E-state index in [0.717, 1.165) is 0 Å². The maximum Gasteiger partial charge on any atom is 0.151 e. The Morgan fingerprint density at radius 2 is 1.91 bits per heavy atom. The summed E-state index contributed by atoms with van der Waals surface area (Å²) in [7, 11) is -1.09. The van der Waals surface area contributed by atoms with E-state index in [0.29, 0.717) is 18.7 Å². The molecule has 0 aliphatic rings. The van der Waals surface area contributed by atoms with E-state index in [4.69, 9.17) is 0 Å². The lowest BCUT2D eigenvalue weighted by Gasteiger charge is -2.02. The van der Waals surface area contributed by atoms with Crippen molar-refractivity contribution in [3.05, 3.63) is 0 Å². The first-order valence-corrected chi connectivity index (χ1v) is 5.54. The lowest BCUT2D eigenvalue weighted by Crippen LogP contribution is -2.32. The molecule has 0 fully saturated rings. The van der Waals surface area contributed by atoms with Gasteiger partial charge in [0, 0.05) is 12.3 Å². The van der Waals surface area contributed by atoms with Gasteiger partial charge >= 0.3 is 0 Å². The van der Waals surface area contributed by atoms with Crippen molar-refractivity contribution in [1.29, 1.82) is 0 Å². The Kier molecular flexibility index (Phi) is 5.45. The normalized spacial score (nSPS) is 11.8. The quantitative estimate of drug-likeness (QED) is 0.429. The summed E-state index contributed by atoms with van der Waals surface area (Å²) in [6.07, 6.45) is 0.696. The molecule has 0 saturated carbocycles. The van der Waals surface area contributed by atoms with Crippen molar-refractivity contribution >= 4 is 9.84 Å². The summed E-state index contributed by atoms with van der Waals surface area (Å²) in [4.78, 5) is 0. The van der Waals surface area contributed by atoms with Crippen LogP contribution in [-0.4, -0.2) is 33.5 Å². The van der Waals surface area contributed by atoms with E-state index >= 15 is 0 Å². The third-order valence-corrected chi connectivity index (χ3v) is 3.09. The van der Waals surface area contributed by atoms with Gasteiger partial charge < -0.3 is 0 Å². The van der Waals surface area contributed by atoms with Gasteiger partial charge in [0.25, 0.3) is 0 Å². The summed E-state index contributed by atoms with van der Waals surface area (Å²) in [5.74, 6) is 0.500. The predicted octanol–water partition coefficient (Wildman–Crippen LogP) is -0.465. The molecule has 0 aromatic carbocycles. The average Bonchev–Trinajstić information content (AvgIpc) is 1.87. The molecule has 0 spiro atoms. The molecule has 2 N–H and O–H groups in total. The summed E-state index contributed by atoms with van der Waals surface area (Å²) in [5.41, 5.74) is 5.40. The van der Waals surface area contributed by atoms with Crippen molar-refractivity contribution < 1.29 is 8.42 Å². The SMILES string of the molecule is CCCS(=O)(=O)CCNNC. The first-order chi connectivity index (χ1) is 5.12. The second kappa shape index (κ2) is 5.51. The highest BCUT2D eigenvalue weighted by atomic mass is 32.2. The van der Waals surface area contributed by atoms with Gasteiger partial charge in [-0.2, -0.15) is 0 Å². The topological polar surface area (TPSA) is 58.2 Å². The van der Waals surface area contributed by atoms with E-state index < -0.39 is 9.84 Å². The van der Waals surface area contributed by atoms with Crippen molar-refractivity contribution in [3.8, 4) is 0 Å². The summed E-state index contributed by atoms with van der Waals surface area (Å²) in [6, 6.07) is 0. The number of nitrogens with one attached hydrogen (secondary N) is 2. The molecule has 0 saturated heterocycles. The molecule has 0 amide bonds. The van der Waals surface area contributed by atoms with Gasteiger partial charge in [-0.05, 0) is 13.5 Å². The minimum Gasteiger partial charge on any atom is -0.261 e. The van der Waals surface area contributed by atoms with Crippen LogP contribution in [0.25, 0.3) is 0 Å². The van der Waals surface area contributed by atoms with Crippen LogP contribution in [0.15, 0.2) is 0 Å². The van der Waals surface area contributed by atoms with Crippen LogP contribution >= 0.6 is 0 Å². The molecule has 0 radical (unpaired) electrons. The monoisotopic (exact) mass is 180 g/mol. The van der Waals surface area contributed by atoms with E-state index in [1.165, 1.54) is 0 Å². The minimum atomic E-state index is -2.81. The molecule has 0 bridgehead atoms. The van der Waals surface area contributed by atoms with Crippen molar-refractivity contribution in [2.24, 2.45) is 0 Å². The molecule has 0 aliphatic carbocycles. The van der Waals surface area contributed by atoms with Gasteiger partial charge in [0.1, 0.15) is 0 Å². The molecule has 11 heavy (non-hydrogen) atoms. The van der Waals surface area contributed by atoms with Gasteiger partial charge in [-0.15, -0.1) is 0 Å². The van der Waals surface area contributed by atoms with Gasteiger partial charge in [0.15, 0.2) is 9.84 Å².